The van der Waals surface area contributed by atoms with Crippen LogP contribution in [-0.2, 0) is 17.8 Å². The molecule has 0 saturated heterocycles. The molecule has 0 aliphatic carbocycles. The van der Waals surface area contributed by atoms with Gasteiger partial charge in [-0.15, -0.1) is 0 Å². The molecule has 3 amide bonds. The Morgan fingerprint density at radius 1 is 0.933 bits per heavy atom. The number of ether oxygens (including phenoxy) is 1. The van der Waals surface area contributed by atoms with E-state index in [1.165, 1.54) is 12.1 Å². The van der Waals surface area contributed by atoms with Crippen LogP contribution in [0, 0.1) is 5.82 Å². The second-order valence-corrected chi connectivity index (χ2v) is 6.69. The summed E-state index contributed by atoms with van der Waals surface area (Å²) in [5.41, 5.74) is 7.46. The lowest BCUT2D eigenvalue weighted by Gasteiger charge is -2.18. The van der Waals surface area contributed by atoms with Crippen LogP contribution in [0.15, 0.2) is 78.9 Å². The summed E-state index contributed by atoms with van der Waals surface area (Å²) < 4.78 is 18.8. The highest BCUT2D eigenvalue weighted by Crippen LogP contribution is 2.17. The predicted molar refractivity (Wildman–Crippen MR) is 112 cm³/mol. The maximum atomic E-state index is 13.3. The lowest BCUT2D eigenvalue weighted by Crippen LogP contribution is -2.47. The molecule has 0 unspecified atom stereocenters. The number of amides is 3. The molecule has 3 aromatic carbocycles. The van der Waals surface area contributed by atoms with Gasteiger partial charge in [0.1, 0.15) is 24.2 Å². The van der Waals surface area contributed by atoms with Crippen LogP contribution in [0.25, 0.3) is 0 Å². The topological polar surface area (TPSA) is 93.5 Å². The fourth-order valence-corrected chi connectivity index (χ4v) is 2.92. The number of primary amides is 1. The highest BCUT2D eigenvalue weighted by Gasteiger charge is 2.20. The molecule has 0 fully saturated rings. The molecule has 4 N–H and O–H groups in total. The van der Waals surface area contributed by atoms with Crippen LogP contribution in [0.3, 0.4) is 0 Å². The number of carbonyl (C=O) groups excluding carboxylic acids is 2. The van der Waals surface area contributed by atoms with Crippen molar-refractivity contribution in [3.05, 3.63) is 95.8 Å². The van der Waals surface area contributed by atoms with E-state index in [9.17, 15) is 14.0 Å². The molecule has 6 nitrogen and oxygen atoms in total. The molecule has 0 spiro atoms. The van der Waals surface area contributed by atoms with E-state index >= 15 is 0 Å². The van der Waals surface area contributed by atoms with E-state index in [-0.39, 0.29) is 18.3 Å². The monoisotopic (exact) mass is 407 g/mol. The average molecular weight is 407 g/mol. The smallest absolute Gasteiger partial charge is 0.312 e. The molecule has 30 heavy (non-hydrogen) atoms. The van der Waals surface area contributed by atoms with Crippen molar-refractivity contribution in [1.82, 2.24) is 5.32 Å². The Kier molecular flexibility index (Phi) is 7.00. The van der Waals surface area contributed by atoms with E-state index in [0.29, 0.717) is 17.9 Å². The molecule has 0 radical (unpaired) electrons. The van der Waals surface area contributed by atoms with Crippen LogP contribution in [0.1, 0.15) is 11.1 Å². The van der Waals surface area contributed by atoms with Gasteiger partial charge >= 0.3 is 6.03 Å². The predicted octanol–water partition coefficient (Wildman–Crippen LogP) is 3.62. The van der Waals surface area contributed by atoms with Crippen LogP contribution in [-0.4, -0.2) is 18.0 Å². The molecule has 0 heterocycles. The zero-order valence-corrected chi connectivity index (χ0v) is 16.2. The molecule has 0 bridgehead atoms. The van der Waals surface area contributed by atoms with Crippen molar-refractivity contribution in [2.24, 2.45) is 5.73 Å². The number of nitrogens with one attached hydrogen (secondary N) is 2. The first-order chi connectivity index (χ1) is 14.5. The summed E-state index contributed by atoms with van der Waals surface area (Å²) in [6.07, 6.45) is 0.304. The summed E-state index contributed by atoms with van der Waals surface area (Å²) in [7, 11) is 0. The van der Waals surface area contributed by atoms with Gasteiger partial charge in [-0.2, -0.15) is 0 Å². The van der Waals surface area contributed by atoms with Gasteiger partial charge in [0, 0.05) is 18.2 Å². The SMILES string of the molecule is NC(=O)N[C@@H](Cc1ccccc1)C(=O)Nc1cccc(COc2cccc(F)c2)c1. The van der Waals surface area contributed by atoms with Crippen molar-refractivity contribution in [3.8, 4) is 5.75 Å². The fourth-order valence-electron chi connectivity index (χ4n) is 2.92. The zero-order chi connectivity index (χ0) is 21.3. The van der Waals surface area contributed by atoms with Gasteiger partial charge in [0.05, 0.1) is 0 Å². The van der Waals surface area contributed by atoms with E-state index in [0.717, 1.165) is 11.1 Å². The van der Waals surface area contributed by atoms with E-state index in [4.69, 9.17) is 10.5 Å². The second-order valence-electron chi connectivity index (χ2n) is 6.69. The van der Waals surface area contributed by atoms with Crippen molar-refractivity contribution in [2.45, 2.75) is 19.1 Å². The van der Waals surface area contributed by atoms with E-state index in [1.807, 2.05) is 36.4 Å². The molecule has 154 valence electrons. The van der Waals surface area contributed by atoms with Gasteiger partial charge in [-0.1, -0.05) is 48.5 Å². The standard InChI is InChI=1S/C23H22FN3O3/c24-18-9-5-11-20(14-18)30-15-17-8-4-10-19(12-17)26-22(28)21(27-23(25)29)13-16-6-2-1-3-7-16/h1-12,14,21H,13,15H2,(H,26,28)(H3,25,27,29)/t21-/m0/s1. The number of urea groups is 1. The van der Waals surface area contributed by atoms with Crippen LogP contribution >= 0.6 is 0 Å². The minimum Gasteiger partial charge on any atom is -0.489 e. The molecule has 7 heteroatoms. The van der Waals surface area contributed by atoms with Crippen molar-refractivity contribution in [2.75, 3.05) is 5.32 Å². The van der Waals surface area contributed by atoms with Crippen LogP contribution in [0.5, 0.6) is 5.75 Å². The first-order valence-corrected chi connectivity index (χ1v) is 9.37. The number of benzene rings is 3. The molecular formula is C23H22FN3O3. The number of hydrogen-bond acceptors (Lipinski definition) is 3. The number of nitrogens with two attached hydrogens (primary N) is 1. The number of rotatable bonds is 8. The van der Waals surface area contributed by atoms with Gasteiger partial charge in [-0.05, 0) is 35.4 Å². The molecule has 0 saturated carbocycles. The quantitative estimate of drug-likeness (QED) is 0.532. The number of halogens is 1. The van der Waals surface area contributed by atoms with E-state index < -0.39 is 12.1 Å². The Balaban J connectivity index is 1.65. The number of hydrogen-bond donors (Lipinski definition) is 3. The van der Waals surface area contributed by atoms with E-state index in [1.54, 1.807) is 30.3 Å². The minimum absolute atomic E-state index is 0.208. The normalized spacial score (nSPS) is 11.4. The Hall–Kier alpha value is -3.87. The molecule has 0 aromatic heterocycles. The largest absolute Gasteiger partial charge is 0.489 e. The third-order valence-electron chi connectivity index (χ3n) is 4.31. The zero-order valence-electron chi connectivity index (χ0n) is 16.2. The van der Waals surface area contributed by atoms with Crippen LogP contribution in [0.2, 0.25) is 0 Å². The highest BCUT2D eigenvalue weighted by molar-refractivity contribution is 5.97. The van der Waals surface area contributed by atoms with Crippen molar-refractivity contribution < 1.29 is 18.7 Å². The highest BCUT2D eigenvalue weighted by atomic mass is 19.1. The van der Waals surface area contributed by atoms with Gasteiger partial charge in [0.15, 0.2) is 0 Å². The van der Waals surface area contributed by atoms with Gasteiger partial charge in [-0.25, -0.2) is 9.18 Å². The Morgan fingerprint density at radius 3 is 2.40 bits per heavy atom. The summed E-state index contributed by atoms with van der Waals surface area (Å²) in [6.45, 7) is 0.208. The molecule has 1 atom stereocenters. The Bertz CT molecular complexity index is 1010. The maximum absolute atomic E-state index is 13.3. The average Bonchev–Trinajstić information content (AvgIpc) is 2.72. The van der Waals surface area contributed by atoms with E-state index in [2.05, 4.69) is 10.6 Å². The lowest BCUT2D eigenvalue weighted by molar-refractivity contribution is -0.117. The number of carbonyl (C=O) groups is 2. The Labute approximate surface area is 173 Å². The van der Waals surface area contributed by atoms with Gasteiger partial charge in [0.25, 0.3) is 0 Å². The summed E-state index contributed by atoms with van der Waals surface area (Å²) in [5, 5.41) is 5.27. The molecule has 0 aliphatic rings. The van der Waals surface area contributed by atoms with Gasteiger partial charge in [0.2, 0.25) is 5.91 Å². The molecule has 3 rings (SSSR count). The van der Waals surface area contributed by atoms with Crippen molar-refractivity contribution in [3.63, 3.8) is 0 Å². The fraction of sp³-hybridized carbons (Fsp3) is 0.130. The van der Waals surface area contributed by atoms with Gasteiger partial charge in [-0.3, -0.25) is 4.79 Å². The third kappa shape index (κ3) is 6.34. The summed E-state index contributed by atoms with van der Waals surface area (Å²) >= 11 is 0. The second kappa shape index (κ2) is 10.1. The van der Waals surface area contributed by atoms with Crippen molar-refractivity contribution in [1.29, 1.82) is 0 Å². The lowest BCUT2D eigenvalue weighted by atomic mass is 10.1. The number of anilines is 1. The maximum Gasteiger partial charge on any atom is 0.312 e. The van der Waals surface area contributed by atoms with Gasteiger partial charge < -0.3 is 21.1 Å². The molecule has 3 aromatic rings. The summed E-state index contributed by atoms with van der Waals surface area (Å²) in [4.78, 5) is 24.1. The summed E-state index contributed by atoms with van der Waals surface area (Å²) in [6, 6.07) is 20.7. The molecule has 0 aliphatic heterocycles. The Morgan fingerprint density at radius 2 is 1.67 bits per heavy atom. The van der Waals surface area contributed by atoms with Crippen LogP contribution < -0.4 is 21.1 Å². The summed E-state index contributed by atoms with van der Waals surface area (Å²) in [5.74, 6) is -0.348. The van der Waals surface area contributed by atoms with Crippen LogP contribution in [0.4, 0.5) is 14.9 Å². The van der Waals surface area contributed by atoms with Crippen molar-refractivity contribution >= 4 is 17.6 Å². The minimum atomic E-state index is -0.822. The third-order valence-corrected chi connectivity index (χ3v) is 4.31. The first-order valence-electron chi connectivity index (χ1n) is 9.37. The molecular weight excluding hydrogens is 385 g/mol. The first kappa shape index (κ1) is 20.9.